The molecule has 74 valence electrons. The molecule has 1 aromatic carbocycles. The van der Waals surface area contributed by atoms with Crippen molar-refractivity contribution in [2.45, 2.75) is 20.8 Å². The molecule has 1 N–H and O–H groups in total. The first-order valence-electron chi connectivity index (χ1n) is 4.67. The lowest BCUT2D eigenvalue weighted by atomic mass is 10.1. The fraction of sp³-hybridized carbons (Fsp3) is 0.250. The Hall–Kier alpha value is -1.57. The maximum Gasteiger partial charge on any atom is 0.0919 e. The van der Waals surface area contributed by atoms with E-state index in [9.17, 15) is 0 Å². The van der Waals surface area contributed by atoms with E-state index in [2.05, 4.69) is 48.9 Å². The number of aryl methyl sites for hydroxylation is 2. The average Bonchev–Trinajstić information content (AvgIpc) is 2.72. The number of H-pyrrole nitrogens is 1. The van der Waals surface area contributed by atoms with Gasteiger partial charge in [-0.25, -0.2) is 4.98 Å². The molecule has 0 atom stereocenters. The highest BCUT2D eigenvalue weighted by Gasteiger charge is 1.91. The number of benzene rings is 1. The Morgan fingerprint density at radius 3 is 2.00 bits per heavy atom. The normalized spacial score (nSPS) is 9.07. The van der Waals surface area contributed by atoms with Crippen LogP contribution < -0.4 is 0 Å². The van der Waals surface area contributed by atoms with Gasteiger partial charge in [0.25, 0.3) is 0 Å². The quantitative estimate of drug-likeness (QED) is 0.676. The number of hydrogen-bond donors (Lipinski definition) is 1. The van der Waals surface area contributed by atoms with E-state index < -0.39 is 0 Å². The fourth-order valence-corrected chi connectivity index (χ4v) is 1.11. The molecule has 1 heterocycles. The Balaban J connectivity index is 0.000000165. The zero-order valence-electron chi connectivity index (χ0n) is 8.91. The topological polar surface area (TPSA) is 28.7 Å². The van der Waals surface area contributed by atoms with Crippen LogP contribution in [-0.2, 0) is 0 Å². The number of hydrogen-bond acceptors (Lipinski definition) is 1. The van der Waals surface area contributed by atoms with Gasteiger partial charge in [-0.3, -0.25) is 0 Å². The van der Waals surface area contributed by atoms with Gasteiger partial charge in [0.1, 0.15) is 0 Å². The molecule has 0 spiro atoms. The summed E-state index contributed by atoms with van der Waals surface area (Å²) in [7, 11) is 0. The maximum absolute atomic E-state index is 3.67. The molecule has 2 nitrogen and oxygen atoms in total. The van der Waals surface area contributed by atoms with Crippen molar-refractivity contribution in [1.29, 1.82) is 0 Å². The second-order valence-electron chi connectivity index (χ2n) is 3.28. The second kappa shape index (κ2) is 5.22. The number of aromatic amines is 1. The second-order valence-corrected chi connectivity index (χ2v) is 3.28. The monoisotopic (exact) mass is 188 g/mol. The van der Waals surface area contributed by atoms with Gasteiger partial charge in [-0.2, -0.15) is 0 Å². The van der Waals surface area contributed by atoms with Crippen LogP contribution in [-0.4, -0.2) is 9.97 Å². The van der Waals surface area contributed by atoms with Gasteiger partial charge in [-0.05, 0) is 37.5 Å². The molecule has 2 heteroatoms. The Morgan fingerprint density at radius 2 is 1.71 bits per heavy atom. The predicted molar refractivity (Wildman–Crippen MR) is 59.2 cm³/mol. The summed E-state index contributed by atoms with van der Waals surface area (Å²) in [5.41, 5.74) is 4.18. The molecule has 0 aliphatic carbocycles. The molecule has 0 unspecified atom stereocenters. The van der Waals surface area contributed by atoms with E-state index in [0.717, 1.165) is 0 Å². The van der Waals surface area contributed by atoms with Crippen molar-refractivity contribution in [3.63, 3.8) is 0 Å². The third kappa shape index (κ3) is 3.05. The van der Waals surface area contributed by atoms with Crippen LogP contribution in [0.15, 0.2) is 36.9 Å². The molecule has 2 aromatic rings. The minimum atomic E-state index is 1.38. The van der Waals surface area contributed by atoms with Crippen LogP contribution in [0.3, 0.4) is 0 Å². The largest absolute Gasteiger partial charge is 0.351 e. The summed E-state index contributed by atoms with van der Waals surface area (Å²) in [5, 5.41) is 0. The third-order valence-corrected chi connectivity index (χ3v) is 2.28. The highest BCUT2D eigenvalue weighted by Crippen LogP contribution is 2.09. The first-order valence-corrected chi connectivity index (χ1v) is 4.67. The molecular weight excluding hydrogens is 172 g/mol. The van der Waals surface area contributed by atoms with Gasteiger partial charge in [0, 0.05) is 12.4 Å². The molecule has 0 aliphatic heterocycles. The molecular formula is C12H16N2. The van der Waals surface area contributed by atoms with E-state index in [1.165, 1.54) is 16.7 Å². The summed E-state index contributed by atoms with van der Waals surface area (Å²) in [6.07, 6.45) is 5.08. The van der Waals surface area contributed by atoms with Gasteiger partial charge in [0.05, 0.1) is 6.33 Å². The summed E-state index contributed by atoms with van der Waals surface area (Å²) in [6, 6.07) is 6.38. The minimum Gasteiger partial charge on any atom is -0.351 e. The molecule has 0 fully saturated rings. The van der Waals surface area contributed by atoms with Gasteiger partial charge in [-0.1, -0.05) is 18.2 Å². The first kappa shape index (κ1) is 10.5. The lowest BCUT2D eigenvalue weighted by Gasteiger charge is -2.00. The summed E-state index contributed by atoms with van der Waals surface area (Å²) < 4.78 is 0. The van der Waals surface area contributed by atoms with Crippen molar-refractivity contribution in [3.8, 4) is 0 Å². The number of imidazole rings is 1. The minimum absolute atomic E-state index is 1.38. The van der Waals surface area contributed by atoms with Crippen molar-refractivity contribution >= 4 is 0 Å². The lowest BCUT2D eigenvalue weighted by molar-refractivity contribution is 1.27. The fourth-order valence-electron chi connectivity index (χ4n) is 1.11. The number of aromatic nitrogens is 2. The molecule has 1 aromatic heterocycles. The highest BCUT2D eigenvalue weighted by atomic mass is 14.8. The van der Waals surface area contributed by atoms with Crippen LogP contribution >= 0.6 is 0 Å². The van der Waals surface area contributed by atoms with Crippen LogP contribution in [0, 0.1) is 20.8 Å². The molecule has 14 heavy (non-hydrogen) atoms. The maximum atomic E-state index is 3.67. The van der Waals surface area contributed by atoms with Crippen molar-refractivity contribution < 1.29 is 0 Å². The third-order valence-electron chi connectivity index (χ3n) is 2.28. The molecule has 0 bridgehead atoms. The van der Waals surface area contributed by atoms with Gasteiger partial charge in [-0.15, -0.1) is 0 Å². The Labute approximate surface area is 85.0 Å². The van der Waals surface area contributed by atoms with Gasteiger partial charge >= 0.3 is 0 Å². The molecule has 0 radical (unpaired) electrons. The lowest BCUT2D eigenvalue weighted by Crippen LogP contribution is -1.82. The predicted octanol–water partition coefficient (Wildman–Crippen LogP) is 3.02. The molecule has 2 rings (SSSR count). The van der Waals surface area contributed by atoms with E-state index in [-0.39, 0.29) is 0 Å². The Morgan fingerprint density at radius 1 is 1.07 bits per heavy atom. The van der Waals surface area contributed by atoms with Crippen LogP contribution in [0.1, 0.15) is 16.7 Å². The van der Waals surface area contributed by atoms with E-state index in [4.69, 9.17) is 0 Å². The van der Waals surface area contributed by atoms with E-state index in [0.29, 0.717) is 0 Å². The zero-order valence-corrected chi connectivity index (χ0v) is 8.91. The van der Waals surface area contributed by atoms with Gasteiger partial charge < -0.3 is 4.98 Å². The Kier molecular flexibility index (Phi) is 3.92. The SMILES string of the molecule is Cc1cccc(C)c1C.c1c[nH]cn1. The smallest absolute Gasteiger partial charge is 0.0919 e. The van der Waals surface area contributed by atoms with Crippen LogP contribution in [0.4, 0.5) is 0 Å². The van der Waals surface area contributed by atoms with Gasteiger partial charge in [0.15, 0.2) is 0 Å². The van der Waals surface area contributed by atoms with Crippen LogP contribution in [0.2, 0.25) is 0 Å². The molecule has 0 saturated heterocycles. The number of nitrogens with zero attached hydrogens (tertiary/aromatic N) is 1. The van der Waals surface area contributed by atoms with Crippen molar-refractivity contribution in [3.05, 3.63) is 53.6 Å². The van der Waals surface area contributed by atoms with Crippen LogP contribution in [0.25, 0.3) is 0 Å². The highest BCUT2D eigenvalue weighted by molar-refractivity contribution is 5.31. The first-order chi connectivity index (χ1) is 6.72. The van der Waals surface area contributed by atoms with Gasteiger partial charge in [0.2, 0.25) is 0 Å². The Bertz CT molecular complexity index is 326. The molecule has 0 amide bonds. The number of rotatable bonds is 0. The summed E-state index contributed by atoms with van der Waals surface area (Å²) in [6.45, 7) is 6.44. The van der Waals surface area contributed by atoms with Crippen molar-refractivity contribution in [2.24, 2.45) is 0 Å². The summed E-state index contributed by atoms with van der Waals surface area (Å²) in [5.74, 6) is 0. The van der Waals surface area contributed by atoms with Crippen LogP contribution in [0.5, 0.6) is 0 Å². The van der Waals surface area contributed by atoms with Crippen molar-refractivity contribution in [1.82, 2.24) is 9.97 Å². The molecule has 0 aliphatic rings. The van der Waals surface area contributed by atoms with E-state index >= 15 is 0 Å². The standard InChI is InChI=1S/C9H12.C3H4N2/c1-7-5-4-6-8(2)9(7)3;1-2-5-3-4-1/h4-6H,1-3H3;1-3H,(H,4,5). The number of nitrogens with one attached hydrogen (secondary N) is 1. The average molecular weight is 188 g/mol. The van der Waals surface area contributed by atoms with E-state index in [1.807, 2.05) is 0 Å². The van der Waals surface area contributed by atoms with E-state index in [1.54, 1.807) is 18.7 Å². The summed E-state index contributed by atoms with van der Waals surface area (Å²) in [4.78, 5) is 6.42. The molecule has 0 saturated carbocycles. The summed E-state index contributed by atoms with van der Waals surface area (Å²) >= 11 is 0. The zero-order chi connectivity index (χ0) is 10.4. The van der Waals surface area contributed by atoms with Crippen molar-refractivity contribution in [2.75, 3.05) is 0 Å².